The number of amides is 2. The van der Waals surface area contributed by atoms with Crippen LogP contribution in [0.25, 0.3) is 11.0 Å². The van der Waals surface area contributed by atoms with Crippen molar-refractivity contribution in [1.82, 2.24) is 30.0 Å². The van der Waals surface area contributed by atoms with E-state index in [1.54, 1.807) is 7.05 Å². The molecule has 178 valence electrons. The quantitative estimate of drug-likeness (QED) is 0.368. The normalized spacial score (nSPS) is 15.5. The maximum atomic E-state index is 12.6. The Balaban J connectivity index is 1.73. The summed E-state index contributed by atoms with van der Waals surface area (Å²) in [5.74, 6) is -1.41. The molecule has 14 heteroatoms. The van der Waals surface area contributed by atoms with E-state index in [1.807, 2.05) is 19.9 Å². The van der Waals surface area contributed by atoms with Gasteiger partial charge in [0.2, 0.25) is 23.5 Å². The number of carbonyl (C=O) groups is 2. The zero-order chi connectivity index (χ0) is 24.6. The van der Waals surface area contributed by atoms with Crippen LogP contribution in [-0.4, -0.2) is 60.6 Å². The Morgan fingerprint density at radius 3 is 2.79 bits per heavy atom. The monoisotopic (exact) mass is 469 g/mol. The number of nitro groups is 1. The molecule has 34 heavy (non-hydrogen) atoms. The number of hydrogen-bond donors (Lipinski definition) is 2. The molecule has 0 saturated carbocycles. The number of fused-ring (bicyclic) bond motifs is 1. The van der Waals surface area contributed by atoms with Crippen LogP contribution in [0.3, 0.4) is 0 Å². The average Bonchev–Trinajstić information content (AvgIpc) is 3.37. The van der Waals surface area contributed by atoms with E-state index in [-0.39, 0.29) is 24.1 Å². The van der Waals surface area contributed by atoms with Crippen LogP contribution in [0.2, 0.25) is 0 Å². The van der Waals surface area contributed by atoms with Crippen molar-refractivity contribution < 1.29 is 19.2 Å². The summed E-state index contributed by atoms with van der Waals surface area (Å²) in [6.45, 7) is 3.74. The molecule has 3 aromatic heterocycles. The third kappa shape index (κ3) is 4.16. The Bertz CT molecular complexity index is 1310. The molecule has 1 saturated heterocycles. The van der Waals surface area contributed by atoms with Gasteiger partial charge in [-0.1, -0.05) is 0 Å². The number of carbonyl (C=O) groups excluding carboxylic acids is 2. The minimum Gasteiger partial charge on any atom is -0.412 e. The molecule has 4 rings (SSSR count). The van der Waals surface area contributed by atoms with Gasteiger partial charge in [0.05, 0.1) is 16.9 Å². The third-order valence-electron chi connectivity index (χ3n) is 5.50. The van der Waals surface area contributed by atoms with Crippen LogP contribution < -0.4 is 20.7 Å². The van der Waals surface area contributed by atoms with Crippen molar-refractivity contribution in [2.75, 3.05) is 18.0 Å². The van der Waals surface area contributed by atoms with E-state index < -0.39 is 28.5 Å². The smallest absolute Gasteiger partial charge is 0.373 e. The first-order valence-electron chi connectivity index (χ1n) is 10.5. The van der Waals surface area contributed by atoms with E-state index in [9.17, 15) is 19.7 Å². The van der Waals surface area contributed by atoms with Crippen LogP contribution in [0.1, 0.15) is 24.1 Å². The molecule has 4 heterocycles. The lowest BCUT2D eigenvalue weighted by Gasteiger charge is -2.24. The van der Waals surface area contributed by atoms with Gasteiger partial charge in [0.15, 0.2) is 5.65 Å². The van der Waals surface area contributed by atoms with Crippen molar-refractivity contribution in [3.8, 4) is 11.8 Å². The van der Waals surface area contributed by atoms with Gasteiger partial charge in [-0.2, -0.15) is 4.98 Å². The van der Waals surface area contributed by atoms with E-state index in [4.69, 9.17) is 10.5 Å². The summed E-state index contributed by atoms with van der Waals surface area (Å²) < 4.78 is 7.37. The van der Waals surface area contributed by atoms with Crippen LogP contribution in [0, 0.1) is 24.0 Å². The molecule has 0 radical (unpaired) electrons. The van der Waals surface area contributed by atoms with Gasteiger partial charge in [0.1, 0.15) is 12.4 Å². The molecule has 0 spiro atoms. The number of pyridine rings is 1. The number of aromatic nitrogens is 5. The Kier molecular flexibility index (Phi) is 5.96. The molecule has 1 unspecified atom stereocenters. The minimum absolute atomic E-state index is 0.0577. The number of primary amides is 1. The van der Waals surface area contributed by atoms with Gasteiger partial charge < -0.3 is 20.7 Å². The van der Waals surface area contributed by atoms with Crippen molar-refractivity contribution in [3.63, 3.8) is 0 Å². The zero-order valence-electron chi connectivity index (χ0n) is 18.8. The van der Waals surface area contributed by atoms with Crippen LogP contribution in [0.4, 0.5) is 11.5 Å². The molecule has 3 N–H and O–H groups in total. The lowest BCUT2D eigenvalue weighted by atomic mass is 10.2. The highest BCUT2D eigenvalue weighted by Crippen LogP contribution is 2.40. The fraction of sp³-hybridized carbons (Fsp3) is 0.400. The summed E-state index contributed by atoms with van der Waals surface area (Å²) >= 11 is 0. The van der Waals surface area contributed by atoms with E-state index >= 15 is 0 Å². The lowest BCUT2D eigenvalue weighted by molar-refractivity contribution is -0.385. The molecule has 0 bridgehead atoms. The Hall–Kier alpha value is -4.36. The highest BCUT2D eigenvalue weighted by molar-refractivity contribution is 5.90. The van der Waals surface area contributed by atoms with Gasteiger partial charge in [-0.05, 0) is 38.3 Å². The van der Waals surface area contributed by atoms with Crippen LogP contribution in [0.5, 0.6) is 11.8 Å². The van der Waals surface area contributed by atoms with Crippen molar-refractivity contribution in [2.24, 2.45) is 12.8 Å². The first kappa shape index (κ1) is 22.8. The van der Waals surface area contributed by atoms with Crippen LogP contribution >= 0.6 is 0 Å². The number of nitrogens with two attached hydrogens (primary N) is 1. The average molecular weight is 469 g/mol. The summed E-state index contributed by atoms with van der Waals surface area (Å²) in [6.07, 6.45) is 2.16. The Morgan fingerprint density at radius 2 is 2.09 bits per heavy atom. The molecule has 3 aromatic rings. The second-order valence-corrected chi connectivity index (χ2v) is 7.95. The van der Waals surface area contributed by atoms with Gasteiger partial charge in [0.25, 0.3) is 0 Å². The number of rotatable bonds is 7. The van der Waals surface area contributed by atoms with Crippen LogP contribution in [-0.2, 0) is 16.6 Å². The van der Waals surface area contributed by atoms with Crippen molar-refractivity contribution in [3.05, 3.63) is 33.8 Å². The van der Waals surface area contributed by atoms with E-state index in [0.29, 0.717) is 30.4 Å². The predicted molar refractivity (Wildman–Crippen MR) is 119 cm³/mol. The number of aryl methyl sites for hydroxylation is 3. The first-order chi connectivity index (χ1) is 16.2. The fourth-order valence-corrected chi connectivity index (χ4v) is 4.10. The number of hydrogen-bond acceptors (Lipinski definition) is 10. The third-order valence-corrected chi connectivity index (χ3v) is 5.50. The van der Waals surface area contributed by atoms with Gasteiger partial charge in [-0.25, -0.2) is 14.6 Å². The van der Waals surface area contributed by atoms with Crippen molar-refractivity contribution in [1.29, 1.82) is 0 Å². The maximum Gasteiger partial charge on any atom is 0.373 e. The molecule has 0 aromatic carbocycles. The van der Waals surface area contributed by atoms with E-state index in [0.717, 1.165) is 17.6 Å². The highest BCUT2D eigenvalue weighted by atomic mass is 16.6. The number of nitrogens with zero attached hydrogens (tertiary/aromatic N) is 7. The van der Waals surface area contributed by atoms with Gasteiger partial charge in [-0.3, -0.25) is 19.7 Å². The van der Waals surface area contributed by atoms with Gasteiger partial charge >= 0.3 is 11.6 Å². The minimum atomic E-state index is -0.758. The summed E-state index contributed by atoms with van der Waals surface area (Å²) in [5, 5.41) is 19.5. The predicted octanol–water partition coefficient (Wildman–Crippen LogP) is 0.646. The SMILES string of the molecule is Cc1cc(C)c2c(Oc3ncnc(N4CCCC4C(=O)NCC(N)=O)c3[N+](=O)[O-])nn(C)c2n1. The molecule has 1 fully saturated rings. The fourth-order valence-electron chi connectivity index (χ4n) is 4.10. The number of anilines is 1. The second-order valence-electron chi connectivity index (χ2n) is 7.95. The Morgan fingerprint density at radius 1 is 1.32 bits per heavy atom. The maximum absolute atomic E-state index is 12.6. The standard InChI is InChI=1S/C20H23N9O5/c1-10-7-11(2)25-16-14(10)19(26-27(16)3)34-20-15(29(32)33)17(23-9-24-20)28-6-4-5-12(28)18(31)22-8-13(21)30/h7,9,12H,4-6,8H2,1-3H3,(H2,21,30)(H,22,31). The number of ether oxygens (including phenoxy) is 1. The molecule has 1 aliphatic heterocycles. The van der Waals surface area contributed by atoms with Crippen LogP contribution in [0.15, 0.2) is 12.4 Å². The largest absolute Gasteiger partial charge is 0.412 e. The molecule has 1 aliphatic rings. The topological polar surface area (TPSA) is 184 Å². The van der Waals surface area contributed by atoms with Gasteiger partial charge in [0, 0.05) is 19.3 Å². The van der Waals surface area contributed by atoms with E-state index in [2.05, 4.69) is 25.4 Å². The molecular weight excluding hydrogens is 446 g/mol. The summed E-state index contributed by atoms with van der Waals surface area (Å²) in [7, 11) is 1.69. The van der Waals surface area contributed by atoms with Gasteiger partial charge in [-0.15, -0.1) is 5.10 Å². The molecule has 1 atom stereocenters. The van der Waals surface area contributed by atoms with Crippen molar-refractivity contribution in [2.45, 2.75) is 32.7 Å². The zero-order valence-corrected chi connectivity index (χ0v) is 18.8. The second kappa shape index (κ2) is 8.88. The summed E-state index contributed by atoms with van der Waals surface area (Å²) in [6, 6.07) is 1.10. The highest BCUT2D eigenvalue weighted by Gasteiger charge is 2.38. The van der Waals surface area contributed by atoms with E-state index in [1.165, 1.54) is 9.58 Å². The molecule has 14 nitrogen and oxygen atoms in total. The van der Waals surface area contributed by atoms with Crippen molar-refractivity contribution >= 4 is 34.4 Å². The molecular formula is C20H23N9O5. The Labute approximate surface area is 193 Å². The summed E-state index contributed by atoms with van der Waals surface area (Å²) in [5.41, 5.74) is 6.81. The lowest BCUT2D eigenvalue weighted by Crippen LogP contribution is -2.46. The molecule has 2 amide bonds. The number of nitrogens with one attached hydrogen (secondary N) is 1. The molecule has 0 aliphatic carbocycles. The first-order valence-corrected chi connectivity index (χ1v) is 10.5. The summed E-state index contributed by atoms with van der Waals surface area (Å²) in [4.78, 5) is 49.1.